The number of halogens is 1. The van der Waals surface area contributed by atoms with Gasteiger partial charge in [-0.05, 0) is 43.9 Å². The molecule has 1 aromatic heterocycles. The lowest BCUT2D eigenvalue weighted by atomic mass is 10.2. The molecular weight excluding hydrogens is 294 g/mol. The molecule has 1 amide bonds. The van der Waals surface area contributed by atoms with Crippen molar-refractivity contribution in [3.05, 3.63) is 22.8 Å². The maximum absolute atomic E-state index is 12.2. The van der Waals surface area contributed by atoms with E-state index < -0.39 is 0 Å². The summed E-state index contributed by atoms with van der Waals surface area (Å²) >= 11 is 7.91. The van der Waals surface area contributed by atoms with Crippen molar-refractivity contribution in [2.75, 3.05) is 23.4 Å². The van der Waals surface area contributed by atoms with Gasteiger partial charge in [-0.15, -0.1) is 0 Å². The van der Waals surface area contributed by atoms with Crippen molar-refractivity contribution in [3.8, 4) is 0 Å². The van der Waals surface area contributed by atoms with Gasteiger partial charge in [0.15, 0.2) is 0 Å². The quantitative estimate of drug-likeness (QED) is 0.722. The Hall–Kier alpha value is -0.940. The zero-order chi connectivity index (χ0) is 15.0. The molecule has 112 valence electrons. The Morgan fingerprint density at radius 2 is 2.20 bits per heavy atom. The minimum atomic E-state index is -0.219. The van der Waals surface area contributed by atoms with E-state index in [0.717, 1.165) is 24.5 Å². The third-order valence-electron chi connectivity index (χ3n) is 2.70. The van der Waals surface area contributed by atoms with Crippen LogP contribution in [0.4, 0.5) is 5.82 Å². The fraction of sp³-hybridized carbons (Fsp3) is 0.571. The van der Waals surface area contributed by atoms with Crippen molar-refractivity contribution in [1.82, 2.24) is 10.3 Å². The van der Waals surface area contributed by atoms with Crippen LogP contribution in [0.3, 0.4) is 0 Å². The summed E-state index contributed by atoms with van der Waals surface area (Å²) in [5.74, 6) is 2.58. The molecule has 0 radical (unpaired) electrons. The molecule has 0 fully saturated rings. The molecule has 2 N–H and O–H groups in total. The summed E-state index contributed by atoms with van der Waals surface area (Å²) in [6, 6.07) is 3.57. The molecule has 0 aliphatic heterocycles. The van der Waals surface area contributed by atoms with E-state index in [2.05, 4.69) is 22.5 Å². The van der Waals surface area contributed by atoms with Gasteiger partial charge in [-0.1, -0.05) is 18.5 Å². The van der Waals surface area contributed by atoms with Crippen LogP contribution >= 0.6 is 23.4 Å². The topological polar surface area (TPSA) is 54.0 Å². The number of rotatable bonds is 8. The van der Waals surface area contributed by atoms with Crippen molar-refractivity contribution in [2.45, 2.75) is 33.2 Å². The average molecular weight is 316 g/mol. The number of carbonyl (C=O) groups is 1. The van der Waals surface area contributed by atoms with Crippen molar-refractivity contribution >= 4 is 35.1 Å². The summed E-state index contributed by atoms with van der Waals surface area (Å²) in [5, 5.41) is 6.38. The molecule has 0 bridgehead atoms. The smallest absolute Gasteiger partial charge is 0.271 e. The van der Waals surface area contributed by atoms with Crippen LogP contribution in [0, 0.1) is 0 Å². The minimum Gasteiger partial charge on any atom is -0.370 e. The van der Waals surface area contributed by atoms with Gasteiger partial charge < -0.3 is 10.6 Å². The lowest BCUT2D eigenvalue weighted by Crippen LogP contribution is -2.33. The van der Waals surface area contributed by atoms with E-state index in [1.807, 2.05) is 25.6 Å². The number of carbonyl (C=O) groups excluding carboxylic acids is 1. The molecule has 0 saturated carbocycles. The highest BCUT2D eigenvalue weighted by Gasteiger charge is 2.15. The number of amides is 1. The third kappa shape index (κ3) is 5.59. The Balaban J connectivity index is 2.64. The first kappa shape index (κ1) is 17.1. The Morgan fingerprint density at radius 1 is 1.45 bits per heavy atom. The van der Waals surface area contributed by atoms with Gasteiger partial charge in [0.25, 0.3) is 5.91 Å². The van der Waals surface area contributed by atoms with E-state index in [1.165, 1.54) is 0 Å². The molecular formula is C14H22ClN3OS. The number of pyridine rings is 1. The Bertz CT molecular complexity index is 442. The fourth-order valence-corrected chi connectivity index (χ4v) is 2.65. The molecule has 1 heterocycles. The van der Waals surface area contributed by atoms with Crippen LogP contribution in [0.1, 0.15) is 37.7 Å². The van der Waals surface area contributed by atoms with E-state index in [9.17, 15) is 4.79 Å². The molecule has 6 heteroatoms. The van der Waals surface area contributed by atoms with Gasteiger partial charge in [0.05, 0.1) is 5.02 Å². The van der Waals surface area contributed by atoms with E-state index in [1.54, 1.807) is 12.1 Å². The van der Waals surface area contributed by atoms with E-state index >= 15 is 0 Å². The number of aromatic nitrogens is 1. The average Bonchev–Trinajstić information content (AvgIpc) is 2.41. The van der Waals surface area contributed by atoms with Gasteiger partial charge in [0.1, 0.15) is 11.5 Å². The first-order chi connectivity index (χ1) is 9.58. The maximum Gasteiger partial charge on any atom is 0.271 e. The Labute approximate surface area is 130 Å². The Morgan fingerprint density at radius 3 is 2.85 bits per heavy atom. The highest BCUT2D eigenvalue weighted by molar-refractivity contribution is 7.99. The molecule has 1 rings (SSSR count). The lowest BCUT2D eigenvalue weighted by molar-refractivity contribution is 0.0935. The van der Waals surface area contributed by atoms with Crippen molar-refractivity contribution in [3.63, 3.8) is 0 Å². The summed E-state index contributed by atoms with van der Waals surface area (Å²) in [4.78, 5) is 16.4. The van der Waals surface area contributed by atoms with Crippen LogP contribution in [-0.2, 0) is 0 Å². The van der Waals surface area contributed by atoms with Crippen molar-refractivity contribution in [1.29, 1.82) is 0 Å². The number of nitrogens with one attached hydrogen (secondary N) is 2. The van der Waals surface area contributed by atoms with Crippen LogP contribution in [-0.4, -0.2) is 35.0 Å². The number of anilines is 1. The summed E-state index contributed by atoms with van der Waals surface area (Å²) in [6.07, 6.45) is 0.939. The Kier molecular flexibility index (Phi) is 7.77. The second-order valence-electron chi connectivity index (χ2n) is 4.42. The number of hydrogen-bond donors (Lipinski definition) is 2. The summed E-state index contributed by atoms with van der Waals surface area (Å²) in [6.45, 7) is 6.85. The number of nitrogens with zero attached hydrogens (tertiary/aromatic N) is 1. The van der Waals surface area contributed by atoms with Crippen LogP contribution in [0.25, 0.3) is 0 Å². The molecule has 1 atom stereocenters. The monoisotopic (exact) mass is 315 g/mol. The molecule has 20 heavy (non-hydrogen) atoms. The van der Waals surface area contributed by atoms with Gasteiger partial charge >= 0.3 is 0 Å². The third-order valence-corrected chi connectivity index (χ3v) is 3.93. The van der Waals surface area contributed by atoms with E-state index in [-0.39, 0.29) is 17.6 Å². The zero-order valence-electron chi connectivity index (χ0n) is 12.2. The molecule has 4 nitrogen and oxygen atoms in total. The first-order valence-corrected chi connectivity index (χ1v) is 8.40. The number of hydrogen-bond acceptors (Lipinski definition) is 4. The molecule has 0 aromatic carbocycles. The van der Waals surface area contributed by atoms with Gasteiger partial charge in [-0.25, -0.2) is 4.98 Å². The highest BCUT2D eigenvalue weighted by atomic mass is 35.5. The summed E-state index contributed by atoms with van der Waals surface area (Å²) < 4.78 is 0. The minimum absolute atomic E-state index is 0.113. The summed E-state index contributed by atoms with van der Waals surface area (Å²) in [7, 11) is 0. The standard InChI is InChI=1S/C14H22ClN3OS/c1-4-16-12-7-6-11(15)13(18-12)14(19)17-10(3)8-9-20-5-2/h6-7,10H,4-5,8-9H2,1-3H3,(H,16,18)(H,17,19). The molecule has 0 aliphatic rings. The SMILES string of the molecule is CCNc1ccc(Cl)c(C(=O)NC(C)CCSCC)n1. The van der Waals surface area contributed by atoms with Gasteiger partial charge in [0.2, 0.25) is 0 Å². The molecule has 0 saturated heterocycles. The lowest BCUT2D eigenvalue weighted by Gasteiger charge is -2.14. The predicted octanol–water partition coefficient (Wildman–Crippen LogP) is 3.43. The van der Waals surface area contributed by atoms with Crippen LogP contribution in [0.2, 0.25) is 5.02 Å². The van der Waals surface area contributed by atoms with Crippen LogP contribution in [0.15, 0.2) is 12.1 Å². The number of thioether (sulfide) groups is 1. The van der Waals surface area contributed by atoms with Gasteiger partial charge in [-0.3, -0.25) is 4.79 Å². The van der Waals surface area contributed by atoms with Crippen LogP contribution < -0.4 is 10.6 Å². The molecule has 1 aromatic rings. The summed E-state index contributed by atoms with van der Waals surface area (Å²) in [5.41, 5.74) is 0.278. The largest absolute Gasteiger partial charge is 0.370 e. The molecule has 0 spiro atoms. The van der Waals surface area contributed by atoms with Crippen molar-refractivity contribution < 1.29 is 4.79 Å². The van der Waals surface area contributed by atoms with Gasteiger partial charge in [-0.2, -0.15) is 11.8 Å². The molecule has 1 unspecified atom stereocenters. The predicted molar refractivity (Wildman–Crippen MR) is 88.0 cm³/mol. The second-order valence-corrected chi connectivity index (χ2v) is 6.22. The highest BCUT2D eigenvalue weighted by Crippen LogP contribution is 2.17. The van der Waals surface area contributed by atoms with Crippen LogP contribution in [0.5, 0.6) is 0 Å². The normalized spacial score (nSPS) is 12.0. The zero-order valence-corrected chi connectivity index (χ0v) is 13.8. The maximum atomic E-state index is 12.2. The van der Waals surface area contributed by atoms with E-state index in [4.69, 9.17) is 11.6 Å². The van der Waals surface area contributed by atoms with Gasteiger partial charge in [0, 0.05) is 12.6 Å². The van der Waals surface area contributed by atoms with Crippen molar-refractivity contribution in [2.24, 2.45) is 0 Å². The second kappa shape index (κ2) is 9.08. The first-order valence-electron chi connectivity index (χ1n) is 6.87. The van der Waals surface area contributed by atoms with E-state index in [0.29, 0.717) is 10.8 Å². The molecule has 0 aliphatic carbocycles. The fourth-order valence-electron chi connectivity index (χ4n) is 1.65.